The molecule has 2 rings (SSSR count). The third-order valence-electron chi connectivity index (χ3n) is 3.49. The first-order valence-corrected chi connectivity index (χ1v) is 8.54. The molecule has 5 heteroatoms. The van der Waals surface area contributed by atoms with Crippen LogP contribution in [-0.4, -0.2) is 26.4 Å². The first-order chi connectivity index (χ1) is 11.2. The number of rotatable bonds is 7. The lowest BCUT2D eigenvalue weighted by Gasteiger charge is -2.13. The predicted molar refractivity (Wildman–Crippen MR) is 94.7 cm³/mol. The van der Waals surface area contributed by atoms with Crippen molar-refractivity contribution in [2.24, 2.45) is 0 Å². The summed E-state index contributed by atoms with van der Waals surface area (Å²) in [5, 5.41) is 2.97. The second kappa shape index (κ2) is 8.48. The molecule has 0 bridgehead atoms. The van der Waals surface area contributed by atoms with Crippen molar-refractivity contribution >= 4 is 23.4 Å². The molecule has 0 saturated heterocycles. The summed E-state index contributed by atoms with van der Waals surface area (Å²) in [6.07, 6.45) is 2.96. The molecular formula is C18H21NO3S. The van der Waals surface area contributed by atoms with Crippen LogP contribution in [0.2, 0.25) is 0 Å². The van der Waals surface area contributed by atoms with Crippen LogP contribution >= 0.6 is 11.8 Å². The highest BCUT2D eigenvalue weighted by atomic mass is 32.2. The Morgan fingerprint density at radius 3 is 2.57 bits per heavy atom. The molecular weight excluding hydrogens is 310 g/mol. The van der Waals surface area contributed by atoms with Crippen LogP contribution in [0.5, 0.6) is 11.5 Å². The average Bonchev–Trinajstić information content (AvgIpc) is 2.59. The number of nitrogens with one attached hydrogen (secondary N) is 1. The van der Waals surface area contributed by atoms with Crippen LogP contribution in [0.15, 0.2) is 47.4 Å². The lowest BCUT2D eigenvalue weighted by molar-refractivity contribution is -0.116. The monoisotopic (exact) mass is 331 g/mol. The molecule has 0 saturated carbocycles. The largest absolute Gasteiger partial charge is 0.493 e. The first-order valence-electron chi connectivity index (χ1n) is 7.32. The molecule has 1 N–H and O–H groups in total. The lowest BCUT2D eigenvalue weighted by atomic mass is 10.1. The van der Waals surface area contributed by atoms with Gasteiger partial charge in [-0.3, -0.25) is 4.79 Å². The molecule has 0 heterocycles. The van der Waals surface area contributed by atoms with Gasteiger partial charge in [0.05, 0.1) is 19.9 Å². The quantitative estimate of drug-likeness (QED) is 0.779. The Morgan fingerprint density at radius 2 is 1.87 bits per heavy atom. The van der Waals surface area contributed by atoms with E-state index < -0.39 is 0 Å². The molecule has 1 amide bonds. The highest BCUT2D eigenvalue weighted by molar-refractivity contribution is 7.98. The molecule has 4 nitrogen and oxygen atoms in total. The van der Waals surface area contributed by atoms with E-state index in [0.29, 0.717) is 24.3 Å². The summed E-state index contributed by atoms with van der Waals surface area (Å²) < 4.78 is 10.7. The molecule has 0 aliphatic carbocycles. The average molecular weight is 331 g/mol. The van der Waals surface area contributed by atoms with Crippen molar-refractivity contribution in [1.82, 2.24) is 0 Å². The molecule has 2 aromatic carbocycles. The zero-order chi connectivity index (χ0) is 16.7. The maximum Gasteiger partial charge on any atom is 0.224 e. The number of anilines is 1. The third-order valence-corrected chi connectivity index (χ3v) is 4.28. The van der Waals surface area contributed by atoms with Gasteiger partial charge in [-0.1, -0.05) is 24.3 Å². The molecule has 0 aliphatic rings. The molecule has 122 valence electrons. The van der Waals surface area contributed by atoms with Crippen molar-refractivity contribution in [2.75, 3.05) is 25.8 Å². The van der Waals surface area contributed by atoms with Crippen molar-refractivity contribution < 1.29 is 14.3 Å². The zero-order valence-corrected chi connectivity index (χ0v) is 14.4. The van der Waals surface area contributed by atoms with Crippen molar-refractivity contribution in [3.05, 3.63) is 48.0 Å². The maximum absolute atomic E-state index is 12.2. The maximum atomic E-state index is 12.2. The number of aryl methyl sites for hydroxylation is 1. The van der Waals surface area contributed by atoms with E-state index in [-0.39, 0.29) is 5.91 Å². The topological polar surface area (TPSA) is 47.6 Å². The second-order valence-corrected chi connectivity index (χ2v) is 5.75. The number of ether oxygens (including phenoxy) is 2. The predicted octanol–water partition coefficient (Wildman–Crippen LogP) is 4.00. The minimum Gasteiger partial charge on any atom is -0.493 e. The van der Waals surface area contributed by atoms with Crippen LogP contribution < -0.4 is 14.8 Å². The van der Waals surface area contributed by atoms with Crippen LogP contribution in [0.25, 0.3) is 0 Å². The summed E-state index contributed by atoms with van der Waals surface area (Å²) in [7, 11) is 3.21. The van der Waals surface area contributed by atoms with Gasteiger partial charge in [-0.25, -0.2) is 0 Å². The van der Waals surface area contributed by atoms with E-state index in [4.69, 9.17) is 9.47 Å². The minimum atomic E-state index is -0.0172. The highest BCUT2D eigenvalue weighted by Crippen LogP contribution is 2.31. The van der Waals surface area contributed by atoms with Crippen LogP contribution in [0, 0.1) is 0 Å². The van der Waals surface area contributed by atoms with E-state index in [9.17, 15) is 4.79 Å². The highest BCUT2D eigenvalue weighted by Gasteiger charge is 2.12. The summed E-state index contributed by atoms with van der Waals surface area (Å²) in [4.78, 5) is 13.3. The second-order valence-electron chi connectivity index (χ2n) is 4.90. The van der Waals surface area contributed by atoms with E-state index in [1.165, 1.54) is 0 Å². The van der Waals surface area contributed by atoms with Gasteiger partial charge < -0.3 is 14.8 Å². The number of carbonyl (C=O) groups is 1. The van der Waals surface area contributed by atoms with E-state index in [1.807, 2.05) is 48.7 Å². The van der Waals surface area contributed by atoms with Gasteiger partial charge in [0.25, 0.3) is 0 Å². The van der Waals surface area contributed by atoms with Gasteiger partial charge >= 0.3 is 0 Å². The van der Waals surface area contributed by atoms with E-state index >= 15 is 0 Å². The zero-order valence-electron chi connectivity index (χ0n) is 13.6. The SMILES string of the molecule is COc1cccc(CCC(=O)Nc2ccccc2SC)c1OC. The Labute approximate surface area is 141 Å². The number of benzene rings is 2. The Kier molecular flexibility index (Phi) is 6.35. The van der Waals surface area contributed by atoms with Gasteiger partial charge in [-0.15, -0.1) is 11.8 Å². The Hall–Kier alpha value is -2.14. The summed E-state index contributed by atoms with van der Waals surface area (Å²) in [5.74, 6) is 1.35. The number of thioether (sulfide) groups is 1. The van der Waals surface area contributed by atoms with E-state index in [1.54, 1.807) is 26.0 Å². The standard InChI is InChI=1S/C18H21NO3S/c1-21-15-9-6-7-13(18(15)22-2)11-12-17(20)19-14-8-4-5-10-16(14)23-3/h4-10H,11-12H2,1-3H3,(H,19,20). The van der Waals surface area contributed by atoms with Crippen molar-refractivity contribution in [3.63, 3.8) is 0 Å². The van der Waals surface area contributed by atoms with E-state index in [2.05, 4.69) is 5.32 Å². The summed E-state index contributed by atoms with van der Waals surface area (Å²) >= 11 is 1.61. The molecule has 0 aliphatic heterocycles. The minimum absolute atomic E-state index is 0.0172. The number of para-hydroxylation sites is 2. The van der Waals surface area contributed by atoms with Crippen LogP contribution in [0.1, 0.15) is 12.0 Å². The van der Waals surface area contributed by atoms with Gasteiger partial charge in [-0.2, -0.15) is 0 Å². The first kappa shape index (κ1) is 17.2. The molecule has 2 aromatic rings. The number of methoxy groups -OCH3 is 2. The molecule has 0 spiro atoms. The van der Waals surface area contributed by atoms with Crippen LogP contribution in [0.4, 0.5) is 5.69 Å². The van der Waals surface area contributed by atoms with Gasteiger partial charge in [0.1, 0.15) is 0 Å². The summed E-state index contributed by atoms with van der Waals surface area (Å²) in [6.45, 7) is 0. The van der Waals surface area contributed by atoms with Gasteiger partial charge in [0.15, 0.2) is 11.5 Å². The molecule has 0 fully saturated rings. The Morgan fingerprint density at radius 1 is 1.09 bits per heavy atom. The summed E-state index contributed by atoms with van der Waals surface area (Å²) in [5.41, 5.74) is 1.81. The van der Waals surface area contributed by atoms with Crippen LogP contribution in [0.3, 0.4) is 0 Å². The molecule has 0 atom stereocenters. The Bertz CT molecular complexity index is 673. The smallest absolute Gasteiger partial charge is 0.224 e. The molecule has 0 aromatic heterocycles. The van der Waals surface area contributed by atoms with Crippen molar-refractivity contribution in [1.29, 1.82) is 0 Å². The molecule has 0 radical (unpaired) electrons. The van der Waals surface area contributed by atoms with Gasteiger partial charge in [0.2, 0.25) is 5.91 Å². The van der Waals surface area contributed by atoms with Crippen molar-refractivity contribution in [3.8, 4) is 11.5 Å². The third kappa shape index (κ3) is 4.42. The normalized spacial score (nSPS) is 10.2. The molecule has 0 unspecified atom stereocenters. The number of amides is 1. The lowest BCUT2D eigenvalue weighted by Crippen LogP contribution is -2.13. The fraction of sp³-hybridized carbons (Fsp3) is 0.278. The summed E-state index contributed by atoms with van der Waals surface area (Å²) in [6, 6.07) is 13.5. The van der Waals surface area contributed by atoms with Crippen molar-refractivity contribution in [2.45, 2.75) is 17.7 Å². The fourth-order valence-corrected chi connectivity index (χ4v) is 2.91. The number of carbonyl (C=O) groups excluding carboxylic acids is 1. The number of hydrogen-bond donors (Lipinski definition) is 1. The van der Waals surface area contributed by atoms with Crippen LogP contribution in [-0.2, 0) is 11.2 Å². The van der Waals surface area contributed by atoms with Gasteiger partial charge in [0, 0.05) is 11.3 Å². The fourth-order valence-electron chi connectivity index (χ4n) is 2.36. The Balaban J connectivity index is 2.02. The van der Waals surface area contributed by atoms with E-state index in [0.717, 1.165) is 16.1 Å². The number of hydrogen-bond acceptors (Lipinski definition) is 4. The molecule has 23 heavy (non-hydrogen) atoms. The van der Waals surface area contributed by atoms with Gasteiger partial charge in [-0.05, 0) is 36.4 Å².